The molecule has 2 aliphatic rings. The molecule has 1 saturated heterocycles. The zero-order valence-corrected chi connectivity index (χ0v) is 22.7. The Bertz CT molecular complexity index is 1650. The van der Waals surface area contributed by atoms with Crippen LogP contribution in [-0.2, 0) is 6.54 Å². The van der Waals surface area contributed by atoms with Gasteiger partial charge in [-0.25, -0.2) is 10.1 Å². The Morgan fingerprint density at radius 3 is 2.56 bits per heavy atom. The quantitative estimate of drug-likeness (QED) is 0.390. The second kappa shape index (κ2) is 11.1. The van der Waals surface area contributed by atoms with E-state index in [0.29, 0.717) is 61.8 Å². The summed E-state index contributed by atoms with van der Waals surface area (Å²) in [6, 6.07) is 21.1. The topological polar surface area (TPSA) is 118 Å². The lowest BCUT2D eigenvalue weighted by molar-refractivity contribution is 0.0746. The SMILES string of the molecule is Cc1c(N2Cc3ccccc3[C@H]2COc2ccc(C(=O)N3CCN(c4ccc(C#N)cn4)CC3)cc2)cn[nH]c1=O. The predicted molar refractivity (Wildman–Crippen MR) is 154 cm³/mol. The molecule has 0 bridgehead atoms. The van der Waals surface area contributed by atoms with Gasteiger partial charge in [-0.15, -0.1) is 0 Å². The Hall–Kier alpha value is -5.17. The lowest BCUT2D eigenvalue weighted by atomic mass is 10.1. The van der Waals surface area contributed by atoms with E-state index in [1.165, 1.54) is 5.56 Å². The van der Waals surface area contributed by atoms with Gasteiger partial charge in [0.05, 0.1) is 23.5 Å². The number of amides is 1. The maximum atomic E-state index is 13.2. The number of rotatable bonds is 6. The molecule has 1 atom stereocenters. The monoisotopic (exact) mass is 547 g/mol. The van der Waals surface area contributed by atoms with Crippen LogP contribution in [0.1, 0.15) is 38.7 Å². The third-order valence-corrected chi connectivity index (χ3v) is 7.80. The fourth-order valence-corrected chi connectivity index (χ4v) is 5.47. The molecule has 4 aromatic rings. The highest BCUT2D eigenvalue weighted by Crippen LogP contribution is 2.38. The summed E-state index contributed by atoms with van der Waals surface area (Å²) in [5.74, 6) is 1.46. The largest absolute Gasteiger partial charge is 0.491 e. The first kappa shape index (κ1) is 26.1. The number of carbonyl (C=O) groups is 1. The number of pyridine rings is 1. The summed E-state index contributed by atoms with van der Waals surface area (Å²) in [5.41, 5.74) is 4.70. The smallest absolute Gasteiger partial charge is 0.269 e. The molecule has 10 heteroatoms. The number of fused-ring (bicyclic) bond motifs is 1. The molecule has 206 valence electrons. The molecule has 0 unspecified atom stereocenters. The van der Waals surface area contributed by atoms with Gasteiger partial charge in [0.2, 0.25) is 0 Å². The molecule has 0 saturated carbocycles. The molecule has 0 spiro atoms. The van der Waals surface area contributed by atoms with Crippen molar-refractivity contribution in [2.45, 2.75) is 19.5 Å². The van der Waals surface area contributed by atoms with Crippen LogP contribution in [0.15, 0.2) is 77.9 Å². The number of nitrogens with one attached hydrogen (secondary N) is 1. The number of piperazine rings is 1. The number of hydrogen-bond donors (Lipinski definition) is 1. The number of anilines is 2. The van der Waals surface area contributed by atoms with Crippen molar-refractivity contribution in [1.29, 1.82) is 5.26 Å². The number of benzene rings is 2. The van der Waals surface area contributed by atoms with E-state index in [-0.39, 0.29) is 17.5 Å². The van der Waals surface area contributed by atoms with E-state index in [2.05, 4.69) is 43.2 Å². The van der Waals surface area contributed by atoms with Gasteiger partial charge < -0.3 is 19.4 Å². The molecular formula is C31H29N7O3. The number of nitrogens with zero attached hydrogens (tertiary/aromatic N) is 6. The number of aromatic nitrogens is 3. The number of H-pyrrole nitrogens is 1. The third kappa shape index (κ3) is 5.22. The molecule has 4 heterocycles. The van der Waals surface area contributed by atoms with E-state index in [9.17, 15) is 9.59 Å². The fourth-order valence-electron chi connectivity index (χ4n) is 5.47. The normalized spacial score (nSPS) is 16.3. The Morgan fingerprint density at radius 1 is 1.05 bits per heavy atom. The van der Waals surface area contributed by atoms with Crippen LogP contribution in [0.5, 0.6) is 5.75 Å². The van der Waals surface area contributed by atoms with Gasteiger partial charge in [0.25, 0.3) is 11.5 Å². The number of ether oxygens (including phenoxy) is 1. The van der Waals surface area contributed by atoms with Gasteiger partial charge in [-0.05, 0) is 54.4 Å². The van der Waals surface area contributed by atoms with Gasteiger partial charge >= 0.3 is 0 Å². The van der Waals surface area contributed by atoms with Crippen LogP contribution >= 0.6 is 0 Å². The molecule has 0 radical (unpaired) electrons. The third-order valence-electron chi connectivity index (χ3n) is 7.80. The van der Waals surface area contributed by atoms with Crippen molar-refractivity contribution >= 4 is 17.4 Å². The van der Waals surface area contributed by atoms with Gasteiger partial charge in [0, 0.05) is 50.0 Å². The van der Waals surface area contributed by atoms with Crippen LogP contribution in [-0.4, -0.2) is 58.8 Å². The Kier molecular flexibility index (Phi) is 7.08. The van der Waals surface area contributed by atoms with Gasteiger partial charge in [-0.1, -0.05) is 24.3 Å². The Labute approximate surface area is 237 Å². The number of hydrogen-bond acceptors (Lipinski definition) is 8. The Balaban J connectivity index is 1.09. The van der Waals surface area contributed by atoms with Gasteiger partial charge in [0.15, 0.2) is 0 Å². The number of carbonyl (C=O) groups excluding carboxylic acids is 1. The van der Waals surface area contributed by atoms with E-state index in [1.54, 1.807) is 37.5 Å². The van der Waals surface area contributed by atoms with Crippen LogP contribution in [0.25, 0.3) is 0 Å². The molecule has 41 heavy (non-hydrogen) atoms. The Morgan fingerprint density at radius 2 is 1.83 bits per heavy atom. The average molecular weight is 548 g/mol. The maximum Gasteiger partial charge on any atom is 0.269 e. The van der Waals surface area contributed by atoms with Crippen molar-refractivity contribution in [1.82, 2.24) is 20.1 Å². The van der Waals surface area contributed by atoms with E-state index in [1.807, 2.05) is 35.2 Å². The van der Waals surface area contributed by atoms with E-state index >= 15 is 0 Å². The van der Waals surface area contributed by atoms with Crippen molar-refractivity contribution in [3.63, 3.8) is 0 Å². The summed E-state index contributed by atoms with van der Waals surface area (Å²) in [4.78, 5) is 35.9. The zero-order chi connectivity index (χ0) is 28.3. The lowest BCUT2D eigenvalue weighted by Gasteiger charge is -2.35. The van der Waals surface area contributed by atoms with Crippen LogP contribution < -0.4 is 20.1 Å². The highest BCUT2D eigenvalue weighted by molar-refractivity contribution is 5.94. The van der Waals surface area contributed by atoms with Crippen molar-refractivity contribution < 1.29 is 9.53 Å². The summed E-state index contributed by atoms with van der Waals surface area (Å²) < 4.78 is 6.22. The summed E-state index contributed by atoms with van der Waals surface area (Å²) >= 11 is 0. The highest BCUT2D eigenvalue weighted by Gasteiger charge is 2.32. The lowest BCUT2D eigenvalue weighted by Crippen LogP contribution is -2.49. The van der Waals surface area contributed by atoms with Crippen molar-refractivity contribution in [3.8, 4) is 11.8 Å². The molecule has 1 amide bonds. The zero-order valence-electron chi connectivity index (χ0n) is 22.7. The van der Waals surface area contributed by atoms with Gasteiger partial charge in [-0.2, -0.15) is 10.4 Å². The molecule has 1 N–H and O–H groups in total. The van der Waals surface area contributed by atoms with Crippen LogP contribution in [0, 0.1) is 18.3 Å². The molecule has 10 nitrogen and oxygen atoms in total. The van der Waals surface area contributed by atoms with E-state index in [4.69, 9.17) is 10.00 Å². The molecule has 2 aliphatic heterocycles. The number of aromatic amines is 1. The first-order valence-electron chi connectivity index (χ1n) is 13.5. The van der Waals surface area contributed by atoms with Crippen molar-refractivity contribution in [3.05, 3.63) is 111 Å². The van der Waals surface area contributed by atoms with Gasteiger partial charge in [-0.3, -0.25) is 9.59 Å². The summed E-state index contributed by atoms with van der Waals surface area (Å²) in [6.07, 6.45) is 3.26. The van der Waals surface area contributed by atoms with Crippen LogP contribution in [0.3, 0.4) is 0 Å². The minimum atomic E-state index is -0.203. The molecule has 0 aliphatic carbocycles. The fraction of sp³-hybridized carbons (Fsp3) is 0.258. The first-order chi connectivity index (χ1) is 20.0. The second-order valence-electron chi connectivity index (χ2n) is 10.2. The molecule has 2 aromatic heterocycles. The minimum absolute atomic E-state index is 0.0165. The maximum absolute atomic E-state index is 13.2. The molecule has 1 fully saturated rings. The molecular weight excluding hydrogens is 518 g/mol. The average Bonchev–Trinajstić information content (AvgIpc) is 3.39. The minimum Gasteiger partial charge on any atom is -0.491 e. The van der Waals surface area contributed by atoms with Crippen molar-refractivity contribution in [2.24, 2.45) is 0 Å². The van der Waals surface area contributed by atoms with Crippen LogP contribution in [0.4, 0.5) is 11.5 Å². The van der Waals surface area contributed by atoms with Crippen LogP contribution in [0.2, 0.25) is 0 Å². The van der Waals surface area contributed by atoms with E-state index < -0.39 is 0 Å². The van der Waals surface area contributed by atoms with Crippen molar-refractivity contribution in [2.75, 3.05) is 42.6 Å². The molecule has 6 rings (SSSR count). The molecule has 2 aromatic carbocycles. The van der Waals surface area contributed by atoms with Gasteiger partial charge in [0.1, 0.15) is 24.2 Å². The summed E-state index contributed by atoms with van der Waals surface area (Å²) in [5, 5.41) is 15.5. The first-order valence-corrected chi connectivity index (χ1v) is 13.5. The van der Waals surface area contributed by atoms with E-state index in [0.717, 1.165) is 17.1 Å². The summed E-state index contributed by atoms with van der Waals surface area (Å²) in [6.45, 7) is 5.37. The highest BCUT2D eigenvalue weighted by atomic mass is 16.5. The number of nitriles is 1. The standard InChI is InChI=1S/C31H29N7O3/c1-21-27(18-34-35-30(21)39)38-19-24-4-2-3-5-26(24)28(38)20-41-25-9-7-23(8-10-25)31(40)37-14-12-36(13-15-37)29-11-6-22(16-32)17-33-29/h2-11,17-18,28H,12-15,19-20H2,1H3,(H,35,39)/t28-/m1/s1. The predicted octanol–water partition coefficient (Wildman–Crippen LogP) is 3.45. The summed E-state index contributed by atoms with van der Waals surface area (Å²) in [7, 11) is 0. The second-order valence-corrected chi connectivity index (χ2v) is 10.2.